The van der Waals surface area contributed by atoms with E-state index in [4.69, 9.17) is 14.7 Å². The fourth-order valence-electron chi connectivity index (χ4n) is 2.82. The Kier molecular flexibility index (Phi) is 7.70. The van der Waals surface area contributed by atoms with Gasteiger partial charge < -0.3 is 14.8 Å². The van der Waals surface area contributed by atoms with Crippen LogP contribution in [-0.2, 0) is 17.5 Å². The van der Waals surface area contributed by atoms with E-state index in [0.29, 0.717) is 12.2 Å². The van der Waals surface area contributed by atoms with Crippen molar-refractivity contribution in [2.75, 3.05) is 7.11 Å². The van der Waals surface area contributed by atoms with Gasteiger partial charge in [0.1, 0.15) is 11.5 Å². The van der Waals surface area contributed by atoms with Gasteiger partial charge in [-0.1, -0.05) is 26.0 Å². The van der Waals surface area contributed by atoms with Gasteiger partial charge in [0.05, 0.1) is 24.3 Å². The van der Waals surface area contributed by atoms with Crippen molar-refractivity contribution in [1.82, 2.24) is 5.32 Å². The Hall–Kier alpha value is -3.21. The average molecular weight is 420 g/mol. The topological polar surface area (TPSA) is 71.3 Å². The average Bonchev–Trinajstić information content (AvgIpc) is 2.70. The molecule has 8 heteroatoms. The van der Waals surface area contributed by atoms with E-state index in [1.807, 2.05) is 19.9 Å². The Balaban J connectivity index is 2.17. The van der Waals surface area contributed by atoms with Crippen LogP contribution in [0.15, 0.2) is 42.5 Å². The number of carbonyl (C=O) groups excluding carboxylic acids is 1. The first kappa shape index (κ1) is 23.1. The van der Waals surface area contributed by atoms with Crippen molar-refractivity contribution in [3.63, 3.8) is 0 Å². The number of halogens is 3. The zero-order chi connectivity index (χ0) is 22.3. The minimum absolute atomic E-state index is 0.0676. The molecule has 0 fully saturated rings. The molecule has 0 aliphatic carbocycles. The summed E-state index contributed by atoms with van der Waals surface area (Å²) >= 11 is 0. The molecular formula is C22H23F3N2O3. The number of ether oxygens (including phenoxy) is 2. The number of nitriles is 1. The van der Waals surface area contributed by atoms with E-state index in [-0.39, 0.29) is 18.2 Å². The molecule has 0 aromatic heterocycles. The molecule has 1 unspecified atom stereocenters. The van der Waals surface area contributed by atoms with E-state index in [1.54, 1.807) is 18.2 Å². The van der Waals surface area contributed by atoms with Crippen LogP contribution in [0.5, 0.6) is 11.5 Å². The van der Waals surface area contributed by atoms with E-state index in [1.165, 1.54) is 19.2 Å². The van der Waals surface area contributed by atoms with E-state index in [0.717, 1.165) is 17.7 Å². The Morgan fingerprint density at radius 3 is 2.50 bits per heavy atom. The van der Waals surface area contributed by atoms with Gasteiger partial charge in [0.25, 0.3) is 5.91 Å². The third kappa shape index (κ3) is 6.41. The van der Waals surface area contributed by atoms with Gasteiger partial charge in [-0.05, 0) is 48.2 Å². The predicted molar refractivity (Wildman–Crippen MR) is 105 cm³/mol. The number of nitrogens with zero attached hydrogens (tertiary/aromatic N) is 1. The molecule has 0 saturated heterocycles. The largest absolute Gasteiger partial charge is 0.497 e. The fraction of sp³-hybridized carbons (Fsp3) is 0.364. The molecule has 1 amide bonds. The third-order valence-electron chi connectivity index (χ3n) is 4.27. The van der Waals surface area contributed by atoms with Crippen molar-refractivity contribution in [3.8, 4) is 17.6 Å². The smallest absolute Gasteiger partial charge is 0.417 e. The number of benzene rings is 2. The molecular weight excluding hydrogens is 397 g/mol. The molecule has 1 atom stereocenters. The van der Waals surface area contributed by atoms with Crippen molar-refractivity contribution in [1.29, 1.82) is 5.26 Å². The van der Waals surface area contributed by atoms with Crippen LogP contribution in [0.2, 0.25) is 0 Å². The standard InChI is InChI=1S/C22H23F3N2O3/c1-14(2)9-20(21(28)27-13-15-5-4-6-17(10-15)29-3)30-18-8-7-16(12-26)19(11-18)22(23,24)25/h4-8,10-11,14,20H,9,13H2,1-3H3,(H,27,28). The van der Waals surface area contributed by atoms with Crippen molar-refractivity contribution < 1.29 is 27.4 Å². The highest BCUT2D eigenvalue weighted by Gasteiger charge is 2.34. The van der Waals surface area contributed by atoms with E-state index >= 15 is 0 Å². The number of nitrogens with one attached hydrogen (secondary N) is 1. The second-order valence-electron chi connectivity index (χ2n) is 7.12. The Labute approximate surface area is 173 Å². The first-order valence-corrected chi connectivity index (χ1v) is 9.32. The van der Waals surface area contributed by atoms with Gasteiger partial charge in [0.2, 0.25) is 0 Å². The highest BCUT2D eigenvalue weighted by Crippen LogP contribution is 2.34. The summed E-state index contributed by atoms with van der Waals surface area (Å²) < 4.78 is 50.3. The van der Waals surface area contributed by atoms with Crippen LogP contribution in [0.1, 0.15) is 37.0 Å². The minimum Gasteiger partial charge on any atom is -0.497 e. The highest BCUT2D eigenvalue weighted by atomic mass is 19.4. The maximum Gasteiger partial charge on any atom is 0.417 e. The Morgan fingerprint density at radius 2 is 1.90 bits per heavy atom. The van der Waals surface area contributed by atoms with Crippen molar-refractivity contribution >= 4 is 5.91 Å². The quantitative estimate of drug-likeness (QED) is 0.672. The molecule has 0 heterocycles. The monoisotopic (exact) mass is 420 g/mol. The molecule has 0 aliphatic heterocycles. The highest BCUT2D eigenvalue weighted by molar-refractivity contribution is 5.81. The van der Waals surface area contributed by atoms with Crippen LogP contribution in [-0.4, -0.2) is 19.1 Å². The Bertz CT molecular complexity index is 921. The predicted octanol–water partition coefficient (Wildman–Crippen LogP) is 4.70. The van der Waals surface area contributed by atoms with Crippen molar-refractivity contribution in [3.05, 3.63) is 59.2 Å². The van der Waals surface area contributed by atoms with Gasteiger partial charge in [0.15, 0.2) is 6.10 Å². The number of methoxy groups -OCH3 is 1. The van der Waals surface area contributed by atoms with Gasteiger partial charge in [-0.2, -0.15) is 18.4 Å². The maximum absolute atomic E-state index is 13.2. The van der Waals surface area contributed by atoms with Crippen LogP contribution >= 0.6 is 0 Å². The molecule has 0 spiro atoms. The fourth-order valence-corrected chi connectivity index (χ4v) is 2.82. The molecule has 2 aromatic rings. The molecule has 160 valence electrons. The second kappa shape index (κ2) is 10.0. The summed E-state index contributed by atoms with van der Waals surface area (Å²) in [6.45, 7) is 3.98. The number of amides is 1. The van der Waals surface area contributed by atoms with Gasteiger partial charge >= 0.3 is 6.18 Å². The molecule has 0 aliphatic rings. The summed E-state index contributed by atoms with van der Waals surface area (Å²) in [7, 11) is 1.54. The summed E-state index contributed by atoms with van der Waals surface area (Å²) in [6, 6.07) is 11.7. The van der Waals surface area contributed by atoms with E-state index in [2.05, 4.69) is 5.32 Å². The first-order chi connectivity index (χ1) is 14.1. The number of carbonyl (C=O) groups is 1. The molecule has 0 radical (unpaired) electrons. The van der Waals surface area contributed by atoms with Crippen LogP contribution < -0.4 is 14.8 Å². The van der Waals surface area contributed by atoms with Crippen LogP contribution in [0.25, 0.3) is 0 Å². The zero-order valence-electron chi connectivity index (χ0n) is 16.9. The van der Waals surface area contributed by atoms with Gasteiger partial charge in [0, 0.05) is 6.54 Å². The normalized spacial score (nSPS) is 12.2. The van der Waals surface area contributed by atoms with Crippen LogP contribution in [0.4, 0.5) is 13.2 Å². The van der Waals surface area contributed by atoms with Crippen LogP contribution in [0.3, 0.4) is 0 Å². The molecule has 30 heavy (non-hydrogen) atoms. The lowest BCUT2D eigenvalue weighted by Gasteiger charge is -2.21. The van der Waals surface area contributed by atoms with Gasteiger partial charge in [-0.3, -0.25) is 4.79 Å². The summed E-state index contributed by atoms with van der Waals surface area (Å²) in [5, 5.41) is 11.7. The lowest BCUT2D eigenvalue weighted by Crippen LogP contribution is -2.39. The molecule has 2 rings (SSSR count). The number of hydrogen-bond donors (Lipinski definition) is 1. The minimum atomic E-state index is -4.70. The summed E-state index contributed by atoms with van der Waals surface area (Å²) in [4.78, 5) is 12.7. The van der Waals surface area contributed by atoms with E-state index in [9.17, 15) is 18.0 Å². The number of hydrogen-bond acceptors (Lipinski definition) is 4. The molecule has 2 aromatic carbocycles. The molecule has 0 bridgehead atoms. The Morgan fingerprint density at radius 1 is 1.17 bits per heavy atom. The summed E-state index contributed by atoms with van der Waals surface area (Å²) in [5.41, 5.74) is -0.788. The molecule has 0 saturated carbocycles. The second-order valence-corrected chi connectivity index (χ2v) is 7.12. The third-order valence-corrected chi connectivity index (χ3v) is 4.27. The first-order valence-electron chi connectivity index (χ1n) is 9.32. The molecule has 5 nitrogen and oxygen atoms in total. The van der Waals surface area contributed by atoms with Crippen molar-refractivity contribution in [2.45, 2.75) is 39.1 Å². The van der Waals surface area contributed by atoms with Crippen LogP contribution in [0, 0.1) is 17.2 Å². The summed E-state index contributed by atoms with van der Waals surface area (Å²) in [5.74, 6) is 0.153. The van der Waals surface area contributed by atoms with Gasteiger partial charge in [-0.15, -0.1) is 0 Å². The van der Waals surface area contributed by atoms with Crippen molar-refractivity contribution in [2.24, 2.45) is 5.92 Å². The van der Waals surface area contributed by atoms with E-state index < -0.39 is 29.3 Å². The lowest BCUT2D eigenvalue weighted by molar-refractivity contribution is -0.137. The summed E-state index contributed by atoms with van der Waals surface area (Å²) in [6.07, 6.45) is -5.37. The maximum atomic E-state index is 13.2. The van der Waals surface area contributed by atoms with Gasteiger partial charge in [-0.25, -0.2) is 0 Å². The lowest BCUT2D eigenvalue weighted by atomic mass is 10.0. The SMILES string of the molecule is COc1cccc(CNC(=O)C(CC(C)C)Oc2ccc(C#N)c(C(F)(F)F)c2)c1. The number of alkyl halides is 3. The number of rotatable bonds is 8. The molecule has 1 N–H and O–H groups in total. The zero-order valence-corrected chi connectivity index (χ0v) is 16.9.